The molecule has 0 aliphatic carbocycles. The van der Waals surface area contributed by atoms with Crippen molar-refractivity contribution in [2.75, 3.05) is 18.4 Å². The number of benzene rings is 1. The topological polar surface area (TPSA) is 88.2 Å². The van der Waals surface area contributed by atoms with E-state index in [1.165, 1.54) is 0 Å². The molecule has 7 nitrogen and oxygen atoms in total. The van der Waals surface area contributed by atoms with E-state index in [9.17, 15) is 4.79 Å². The molecule has 25 heavy (non-hydrogen) atoms. The molecule has 1 aromatic heterocycles. The number of aromatic nitrogens is 2. The van der Waals surface area contributed by atoms with Crippen molar-refractivity contribution < 1.29 is 9.53 Å². The Labute approximate surface area is 148 Å². The Morgan fingerprint density at radius 3 is 2.68 bits per heavy atom. The fourth-order valence-electron chi connectivity index (χ4n) is 2.28. The van der Waals surface area contributed by atoms with Crippen molar-refractivity contribution in [3.05, 3.63) is 48.4 Å². The van der Waals surface area contributed by atoms with E-state index in [1.807, 2.05) is 45.0 Å². The van der Waals surface area contributed by atoms with Gasteiger partial charge in [0.1, 0.15) is 11.6 Å². The Morgan fingerprint density at radius 2 is 1.96 bits per heavy atom. The largest absolute Gasteiger partial charge is 0.491 e. The number of carbonyl (C=O) groups is 1. The van der Waals surface area contributed by atoms with Gasteiger partial charge in [-0.2, -0.15) is 0 Å². The predicted molar refractivity (Wildman–Crippen MR) is 97.7 cm³/mol. The zero-order valence-corrected chi connectivity index (χ0v) is 14.8. The van der Waals surface area contributed by atoms with Gasteiger partial charge in [-0.3, -0.25) is 4.98 Å². The normalized spacial score (nSPS) is 11.7. The van der Waals surface area contributed by atoms with Crippen LogP contribution in [0.1, 0.15) is 32.4 Å². The third-order valence-electron chi connectivity index (χ3n) is 3.38. The minimum absolute atomic E-state index is 0.0781. The first-order valence-corrected chi connectivity index (χ1v) is 8.36. The van der Waals surface area contributed by atoms with E-state index in [4.69, 9.17) is 4.74 Å². The number of amides is 2. The van der Waals surface area contributed by atoms with Crippen molar-refractivity contribution in [3.8, 4) is 5.75 Å². The summed E-state index contributed by atoms with van der Waals surface area (Å²) in [5, 5.41) is 8.81. The highest BCUT2D eigenvalue weighted by Gasteiger charge is 2.14. The lowest BCUT2D eigenvalue weighted by molar-refractivity contribution is 0.232. The quantitative estimate of drug-likeness (QED) is 0.642. The van der Waals surface area contributed by atoms with E-state index in [0.717, 1.165) is 11.3 Å². The standard InChI is InChI=1S/C18H25N5O2/c1-13(2)25-16-7-5-4-6-15(16)14(3)23-18(24)22-11-10-21-17-12-19-8-9-20-17/h4-9,12-14H,10-11H2,1-3H3,(H,20,21)(H2,22,23,24)/t14-/m0/s1. The maximum atomic E-state index is 12.1. The van der Waals surface area contributed by atoms with Crippen LogP contribution in [0, 0.1) is 0 Å². The predicted octanol–water partition coefficient (Wildman–Crippen LogP) is 2.74. The van der Waals surface area contributed by atoms with Crippen molar-refractivity contribution in [3.63, 3.8) is 0 Å². The first-order valence-electron chi connectivity index (χ1n) is 8.36. The molecule has 0 fully saturated rings. The number of nitrogens with zero attached hydrogens (tertiary/aromatic N) is 2. The first-order chi connectivity index (χ1) is 12.1. The summed E-state index contributed by atoms with van der Waals surface area (Å²) < 4.78 is 5.80. The van der Waals surface area contributed by atoms with Crippen LogP contribution >= 0.6 is 0 Å². The highest BCUT2D eigenvalue weighted by Crippen LogP contribution is 2.25. The molecular weight excluding hydrogens is 318 g/mol. The van der Waals surface area contributed by atoms with E-state index in [1.54, 1.807) is 18.6 Å². The zero-order chi connectivity index (χ0) is 18.1. The van der Waals surface area contributed by atoms with Crippen molar-refractivity contribution in [2.24, 2.45) is 0 Å². The lowest BCUT2D eigenvalue weighted by atomic mass is 10.1. The molecule has 0 saturated carbocycles. The molecule has 1 heterocycles. The van der Waals surface area contributed by atoms with E-state index >= 15 is 0 Å². The fraction of sp³-hybridized carbons (Fsp3) is 0.389. The van der Waals surface area contributed by atoms with Crippen LogP contribution in [-0.2, 0) is 0 Å². The van der Waals surface area contributed by atoms with E-state index in [0.29, 0.717) is 18.9 Å². The van der Waals surface area contributed by atoms with Gasteiger partial charge < -0.3 is 20.7 Å². The molecule has 0 radical (unpaired) electrons. The summed E-state index contributed by atoms with van der Waals surface area (Å²) in [6, 6.07) is 7.33. The summed E-state index contributed by atoms with van der Waals surface area (Å²) in [5.41, 5.74) is 0.948. The van der Waals surface area contributed by atoms with Gasteiger partial charge in [-0.15, -0.1) is 0 Å². The number of nitrogens with one attached hydrogen (secondary N) is 3. The summed E-state index contributed by atoms with van der Waals surface area (Å²) in [6.45, 7) is 6.92. The number of hydrogen-bond donors (Lipinski definition) is 3. The second-order valence-electron chi connectivity index (χ2n) is 5.84. The third-order valence-corrected chi connectivity index (χ3v) is 3.38. The second kappa shape index (κ2) is 9.46. The molecule has 1 aromatic carbocycles. The van der Waals surface area contributed by atoms with Gasteiger partial charge in [-0.25, -0.2) is 9.78 Å². The molecule has 0 unspecified atom stereocenters. The van der Waals surface area contributed by atoms with Gasteiger partial charge in [0.2, 0.25) is 0 Å². The molecule has 0 aliphatic heterocycles. The molecule has 7 heteroatoms. The summed E-state index contributed by atoms with van der Waals surface area (Å²) in [7, 11) is 0. The molecule has 1 atom stereocenters. The third kappa shape index (κ3) is 6.29. The van der Waals surface area contributed by atoms with Gasteiger partial charge in [-0.05, 0) is 26.8 Å². The lowest BCUT2D eigenvalue weighted by Gasteiger charge is -2.20. The monoisotopic (exact) mass is 343 g/mol. The smallest absolute Gasteiger partial charge is 0.315 e. The number of ether oxygens (including phenoxy) is 1. The maximum absolute atomic E-state index is 12.1. The Kier molecular flexibility index (Phi) is 7.00. The molecular formula is C18H25N5O2. The average Bonchev–Trinajstić information content (AvgIpc) is 2.59. The average molecular weight is 343 g/mol. The summed E-state index contributed by atoms with van der Waals surface area (Å²) >= 11 is 0. The molecule has 134 valence electrons. The minimum Gasteiger partial charge on any atom is -0.491 e. The molecule has 0 bridgehead atoms. The molecule has 0 spiro atoms. The highest BCUT2D eigenvalue weighted by atomic mass is 16.5. The van der Waals surface area contributed by atoms with Crippen LogP contribution in [0.15, 0.2) is 42.9 Å². The van der Waals surface area contributed by atoms with E-state index < -0.39 is 0 Å². The lowest BCUT2D eigenvalue weighted by Crippen LogP contribution is -2.39. The van der Waals surface area contributed by atoms with Gasteiger partial charge in [0.05, 0.1) is 18.3 Å². The number of rotatable bonds is 8. The Balaban J connectivity index is 1.78. The Hall–Kier alpha value is -2.83. The second-order valence-corrected chi connectivity index (χ2v) is 5.84. The van der Waals surface area contributed by atoms with Crippen molar-refractivity contribution >= 4 is 11.8 Å². The zero-order valence-electron chi connectivity index (χ0n) is 14.8. The Bertz CT molecular complexity index is 664. The molecule has 3 N–H and O–H groups in total. The van der Waals surface area contributed by atoms with Crippen LogP contribution in [0.25, 0.3) is 0 Å². The number of urea groups is 1. The van der Waals surface area contributed by atoms with E-state index in [-0.39, 0.29) is 18.2 Å². The summed E-state index contributed by atoms with van der Waals surface area (Å²) in [4.78, 5) is 20.1. The van der Waals surface area contributed by atoms with Crippen LogP contribution in [-0.4, -0.2) is 35.2 Å². The van der Waals surface area contributed by atoms with Crippen molar-refractivity contribution in [1.82, 2.24) is 20.6 Å². The first kappa shape index (κ1) is 18.5. The fourth-order valence-corrected chi connectivity index (χ4v) is 2.28. The van der Waals surface area contributed by atoms with Crippen molar-refractivity contribution in [2.45, 2.75) is 32.9 Å². The van der Waals surface area contributed by atoms with Crippen molar-refractivity contribution in [1.29, 1.82) is 0 Å². The van der Waals surface area contributed by atoms with Crippen LogP contribution in [0.2, 0.25) is 0 Å². The number of carbonyl (C=O) groups excluding carboxylic acids is 1. The van der Waals surface area contributed by atoms with Gasteiger partial charge in [0.15, 0.2) is 0 Å². The SMILES string of the molecule is CC(C)Oc1ccccc1[C@H](C)NC(=O)NCCNc1cnccn1. The molecule has 2 amide bonds. The van der Waals surface area contributed by atoms with Gasteiger partial charge in [-0.1, -0.05) is 18.2 Å². The van der Waals surface area contributed by atoms with Gasteiger partial charge in [0.25, 0.3) is 0 Å². The molecule has 0 saturated heterocycles. The maximum Gasteiger partial charge on any atom is 0.315 e. The van der Waals surface area contributed by atoms with Crippen LogP contribution in [0.5, 0.6) is 5.75 Å². The molecule has 0 aliphatic rings. The van der Waals surface area contributed by atoms with E-state index in [2.05, 4.69) is 25.9 Å². The Morgan fingerprint density at radius 1 is 1.16 bits per heavy atom. The van der Waals surface area contributed by atoms with Gasteiger partial charge in [0, 0.05) is 31.0 Å². The molecule has 2 aromatic rings. The van der Waals surface area contributed by atoms with Crippen LogP contribution in [0.3, 0.4) is 0 Å². The highest BCUT2D eigenvalue weighted by molar-refractivity contribution is 5.74. The van der Waals surface area contributed by atoms with Crippen LogP contribution in [0.4, 0.5) is 10.6 Å². The number of anilines is 1. The number of para-hydroxylation sites is 1. The number of hydrogen-bond acceptors (Lipinski definition) is 5. The van der Waals surface area contributed by atoms with Crippen LogP contribution < -0.4 is 20.7 Å². The summed E-state index contributed by atoms with van der Waals surface area (Å²) in [5.74, 6) is 1.47. The summed E-state index contributed by atoms with van der Waals surface area (Å²) in [6.07, 6.45) is 4.93. The molecule has 2 rings (SSSR count). The van der Waals surface area contributed by atoms with Gasteiger partial charge >= 0.3 is 6.03 Å². The minimum atomic E-state index is -0.229.